The van der Waals surface area contributed by atoms with E-state index in [-0.39, 0.29) is 24.1 Å². The van der Waals surface area contributed by atoms with E-state index >= 15 is 0 Å². The van der Waals surface area contributed by atoms with E-state index in [0.29, 0.717) is 16.6 Å². The number of likely N-dealkylation sites (N-methyl/N-ethyl adjacent to an activating group) is 1. The topological polar surface area (TPSA) is 62.5 Å². The molecule has 0 atom stereocenters. The van der Waals surface area contributed by atoms with Gasteiger partial charge in [0.2, 0.25) is 0 Å². The number of phenolic OH excluding ortho intramolecular Hbond substituents is 1. The van der Waals surface area contributed by atoms with Crippen LogP contribution in [0.5, 0.6) is 5.75 Å². The number of amides is 1. The van der Waals surface area contributed by atoms with E-state index < -0.39 is 0 Å². The van der Waals surface area contributed by atoms with Crippen molar-refractivity contribution in [1.82, 2.24) is 9.47 Å². The molecule has 1 aliphatic rings. The number of rotatable bonds is 0. The zero-order chi connectivity index (χ0) is 12.2. The lowest BCUT2D eigenvalue weighted by Crippen LogP contribution is -2.41. The summed E-state index contributed by atoms with van der Waals surface area (Å²) in [4.78, 5) is 25.2. The van der Waals surface area contributed by atoms with Gasteiger partial charge in [-0.3, -0.25) is 14.2 Å². The molecule has 86 valence electrons. The normalized spacial score (nSPS) is 15.5. The Bertz CT molecular complexity index is 657. The lowest BCUT2D eigenvalue weighted by molar-refractivity contribution is 0.0661. The lowest BCUT2D eigenvalue weighted by atomic mass is 10.2. The molecule has 0 radical (unpaired) electrons. The number of hydrogen-bond donors (Lipinski definition) is 1. The van der Waals surface area contributed by atoms with Gasteiger partial charge in [-0.25, -0.2) is 0 Å². The molecule has 2 aromatic rings. The highest BCUT2D eigenvalue weighted by molar-refractivity contribution is 6.09. The van der Waals surface area contributed by atoms with E-state index in [2.05, 4.69) is 0 Å². The number of carbonyl (C=O) groups excluding carboxylic acids is 2. The highest BCUT2D eigenvalue weighted by atomic mass is 16.3. The maximum Gasteiger partial charge on any atom is 0.271 e. The summed E-state index contributed by atoms with van der Waals surface area (Å²) < 4.78 is 1.41. The zero-order valence-corrected chi connectivity index (χ0v) is 9.17. The third-order valence-corrected chi connectivity index (χ3v) is 2.97. The van der Waals surface area contributed by atoms with Crippen molar-refractivity contribution in [2.75, 3.05) is 13.6 Å². The van der Waals surface area contributed by atoms with Crippen molar-refractivity contribution >= 4 is 22.7 Å². The van der Waals surface area contributed by atoms with E-state index in [1.807, 2.05) is 0 Å². The monoisotopic (exact) mass is 230 g/mol. The van der Waals surface area contributed by atoms with Crippen molar-refractivity contribution in [3.05, 3.63) is 30.0 Å². The highest BCUT2D eigenvalue weighted by Gasteiger charge is 2.29. The largest absolute Gasteiger partial charge is 0.508 e. The average molecular weight is 230 g/mol. The summed E-state index contributed by atoms with van der Waals surface area (Å²) in [5.41, 5.74) is 1.01. The van der Waals surface area contributed by atoms with Crippen molar-refractivity contribution in [2.45, 2.75) is 0 Å². The minimum atomic E-state index is -0.180. The average Bonchev–Trinajstić information content (AvgIpc) is 2.64. The summed E-state index contributed by atoms with van der Waals surface area (Å²) in [5.74, 6) is -0.197. The standard InChI is InChI=1S/C12H10N2O3/c1-13-6-11(16)14-9-3-2-8(15)4-7(9)5-10(14)12(13)17/h2-5,15H,6H2,1H3. The first-order valence-electron chi connectivity index (χ1n) is 5.21. The van der Waals surface area contributed by atoms with Crippen LogP contribution in [0.2, 0.25) is 0 Å². The molecular formula is C12H10N2O3. The Morgan fingerprint density at radius 2 is 2.00 bits per heavy atom. The third-order valence-electron chi connectivity index (χ3n) is 2.97. The number of benzene rings is 1. The first kappa shape index (κ1) is 9.89. The number of fused-ring (bicyclic) bond motifs is 3. The molecule has 1 aromatic heterocycles. The van der Waals surface area contributed by atoms with Crippen LogP contribution in [0.1, 0.15) is 15.3 Å². The van der Waals surface area contributed by atoms with Gasteiger partial charge < -0.3 is 10.0 Å². The number of nitrogens with zero attached hydrogens (tertiary/aromatic N) is 2. The Morgan fingerprint density at radius 1 is 1.24 bits per heavy atom. The molecule has 0 bridgehead atoms. The van der Waals surface area contributed by atoms with Gasteiger partial charge in [-0.05, 0) is 24.3 Å². The fraction of sp³-hybridized carbons (Fsp3) is 0.167. The second-order valence-corrected chi connectivity index (χ2v) is 4.16. The fourth-order valence-electron chi connectivity index (χ4n) is 2.17. The van der Waals surface area contributed by atoms with Crippen LogP contribution < -0.4 is 0 Å². The molecule has 5 nitrogen and oxygen atoms in total. The van der Waals surface area contributed by atoms with Crippen LogP contribution >= 0.6 is 0 Å². The third kappa shape index (κ3) is 1.25. The van der Waals surface area contributed by atoms with Crippen molar-refractivity contribution in [1.29, 1.82) is 0 Å². The summed E-state index contributed by atoms with van der Waals surface area (Å²) in [6.07, 6.45) is 0. The zero-order valence-electron chi connectivity index (χ0n) is 9.17. The van der Waals surface area contributed by atoms with Crippen LogP contribution in [0.4, 0.5) is 0 Å². The second kappa shape index (κ2) is 3.10. The molecule has 1 N–H and O–H groups in total. The molecule has 0 spiro atoms. The van der Waals surface area contributed by atoms with Crippen LogP contribution in [0.25, 0.3) is 10.9 Å². The number of carbonyl (C=O) groups is 2. The maximum absolute atomic E-state index is 11.9. The summed E-state index contributed by atoms with van der Waals surface area (Å²) in [7, 11) is 1.60. The van der Waals surface area contributed by atoms with Crippen molar-refractivity contribution in [2.24, 2.45) is 0 Å². The van der Waals surface area contributed by atoms with Gasteiger partial charge in [0.15, 0.2) is 0 Å². The molecule has 0 unspecified atom stereocenters. The smallest absolute Gasteiger partial charge is 0.271 e. The maximum atomic E-state index is 11.9. The van der Waals surface area contributed by atoms with Gasteiger partial charge in [0, 0.05) is 12.4 Å². The molecule has 2 heterocycles. The Morgan fingerprint density at radius 3 is 2.76 bits per heavy atom. The van der Waals surface area contributed by atoms with Crippen LogP contribution in [0.3, 0.4) is 0 Å². The van der Waals surface area contributed by atoms with Gasteiger partial charge in [0.1, 0.15) is 18.0 Å². The van der Waals surface area contributed by atoms with Crippen molar-refractivity contribution in [3.63, 3.8) is 0 Å². The van der Waals surface area contributed by atoms with Gasteiger partial charge in [0.05, 0.1) is 5.52 Å². The molecule has 17 heavy (non-hydrogen) atoms. The van der Waals surface area contributed by atoms with E-state index in [0.717, 1.165) is 0 Å². The van der Waals surface area contributed by atoms with E-state index in [9.17, 15) is 14.7 Å². The second-order valence-electron chi connectivity index (χ2n) is 4.16. The van der Waals surface area contributed by atoms with Gasteiger partial charge in [-0.15, -0.1) is 0 Å². The minimum Gasteiger partial charge on any atom is -0.508 e. The van der Waals surface area contributed by atoms with Crippen LogP contribution in [0.15, 0.2) is 24.3 Å². The molecule has 0 fully saturated rings. The molecule has 1 aromatic carbocycles. The summed E-state index contributed by atoms with van der Waals surface area (Å²) in [6, 6.07) is 6.32. The van der Waals surface area contributed by atoms with E-state index in [4.69, 9.17) is 0 Å². The predicted molar refractivity (Wildman–Crippen MR) is 61.2 cm³/mol. The molecule has 0 saturated heterocycles. The Labute approximate surface area is 96.9 Å². The molecule has 0 aliphatic carbocycles. The summed E-state index contributed by atoms with van der Waals surface area (Å²) in [5, 5.41) is 10.1. The summed E-state index contributed by atoms with van der Waals surface area (Å²) in [6.45, 7) is 0.0799. The van der Waals surface area contributed by atoms with Gasteiger partial charge in [-0.2, -0.15) is 0 Å². The molecule has 3 rings (SSSR count). The van der Waals surface area contributed by atoms with Gasteiger partial charge in [-0.1, -0.05) is 0 Å². The number of aromatic nitrogens is 1. The Balaban J connectivity index is 2.37. The van der Waals surface area contributed by atoms with Crippen molar-refractivity contribution < 1.29 is 14.7 Å². The van der Waals surface area contributed by atoms with Gasteiger partial charge in [0.25, 0.3) is 11.8 Å². The summed E-state index contributed by atoms with van der Waals surface area (Å²) >= 11 is 0. The van der Waals surface area contributed by atoms with Crippen LogP contribution in [-0.2, 0) is 0 Å². The fourth-order valence-corrected chi connectivity index (χ4v) is 2.17. The Kier molecular flexibility index (Phi) is 1.80. The SMILES string of the molecule is CN1CC(=O)n2c(cc3cc(O)ccc32)C1=O. The molecular weight excluding hydrogens is 220 g/mol. The lowest BCUT2D eigenvalue weighted by Gasteiger charge is -2.23. The van der Waals surface area contributed by atoms with E-state index in [1.54, 1.807) is 25.2 Å². The molecule has 0 saturated carbocycles. The predicted octanol–water partition coefficient (Wildman–Crippen LogP) is 1.07. The molecule has 1 aliphatic heterocycles. The van der Waals surface area contributed by atoms with Crippen LogP contribution in [-0.4, -0.2) is 40.0 Å². The highest BCUT2D eigenvalue weighted by Crippen LogP contribution is 2.26. The van der Waals surface area contributed by atoms with E-state index in [1.165, 1.54) is 15.5 Å². The first-order valence-corrected chi connectivity index (χ1v) is 5.21. The number of phenols is 1. The first-order chi connectivity index (χ1) is 8.08. The van der Waals surface area contributed by atoms with Gasteiger partial charge >= 0.3 is 0 Å². The van der Waals surface area contributed by atoms with Crippen molar-refractivity contribution in [3.8, 4) is 5.75 Å². The quantitative estimate of drug-likeness (QED) is 0.736. The molecule has 1 amide bonds. The minimum absolute atomic E-state index is 0.0799. The van der Waals surface area contributed by atoms with Crippen LogP contribution in [0, 0.1) is 0 Å². The molecule has 5 heteroatoms. The Hall–Kier alpha value is -2.30. The number of aromatic hydroxyl groups is 1. The number of hydrogen-bond acceptors (Lipinski definition) is 3.